The SMILES string of the molecule is O=C(CNC(=O)c1ccccc1Cl)Nc1ccc(Oc2ccccc2)cc1. The van der Waals surface area contributed by atoms with Crippen molar-refractivity contribution in [2.45, 2.75) is 0 Å². The molecule has 0 unspecified atom stereocenters. The number of ether oxygens (including phenoxy) is 1. The van der Waals surface area contributed by atoms with Gasteiger partial charge in [0.15, 0.2) is 0 Å². The molecule has 5 nitrogen and oxygen atoms in total. The number of hydrogen-bond donors (Lipinski definition) is 2. The van der Waals surface area contributed by atoms with Gasteiger partial charge in [-0.05, 0) is 48.5 Å². The lowest BCUT2D eigenvalue weighted by Gasteiger charge is -2.09. The van der Waals surface area contributed by atoms with Crippen LogP contribution < -0.4 is 15.4 Å². The smallest absolute Gasteiger partial charge is 0.253 e. The van der Waals surface area contributed by atoms with Crippen LogP contribution in [-0.4, -0.2) is 18.4 Å². The average Bonchev–Trinajstić information content (AvgIpc) is 2.69. The summed E-state index contributed by atoms with van der Waals surface area (Å²) in [6.07, 6.45) is 0. The van der Waals surface area contributed by atoms with Crippen LogP contribution >= 0.6 is 11.6 Å². The second-order valence-corrected chi connectivity index (χ2v) is 6.06. The van der Waals surface area contributed by atoms with Crippen LogP contribution in [0.4, 0.5) is 5.69 Å². The van der Waals surface area contributed by atoms with Gasteiger partial charge >= 0.3 is 0 Å². The maximum atomic E-state index is 12.0. The summed E-state index contributed by atoms with van der Waals surface area (Å²) in [5.74, 6) is 0.650. The van der Waals surface area contributed by atoms with E-state index in [1.165, 1.54) is 0 Å². The predicted octanol–water partition coefficient (Wildman–Crippen LogP) is 4.50. The van der Waals surface area contributed by atoms with E-state index < -0.39 is 5.91 Å². The van der Waals surface area contributed by atoms with E-state index in [4.69, 9.17) is 16.3 Å². The number of carbonyl (C=O) groups excluding carboxylic acids is 2. The minimum Gasteiger partial charge on any atom is -0.457 e. The van der Waals surface area contributed by atoms with Crippen molar-refractivity contribution in [2.75, 3.05) is 11.9 Å². The van der Waals surface area contributed by atoms with E-state index in [1.807, 2.05) is 30.3 Å². The molecule has 0 saturated heterocycles. The van der Waals surface area contributed by atoms with Gasteiger partial charge in [0.05, 0.1) is 17.1 Å². The van der Waals surface area contributed by atoms with Crippen LogP contribution in [0.15, 0.2) is 78.9 Å². The molecule has 136 valence electrons. The molecule has 0 atom stereocenters. The summed E-state index contributed by atoms with van der Waals surface area (Å²) in [5.41, 5.74) is 0.932. The standard InChI is InChI=1S/C21H17ClN2O3/c22-19-9-5-4-8-18(19)21(26)23-14-20(25)24-15-10-12-17(13-11-15)27-16-6-2-1-3-7-16/h1-13H,14H2,(H,23,26)(H,24,25). The lowest BCUT2D eigenvalue weighted by atomic mass is 10.2. The van der Waals surface area contributed by atoms with Gasteiger partial charge in [0.2, 0.25) is 5.91 Å². The average molecular weight is 381 g/mol. The van der Waals surface area contributed by atoms with Crippen molar-refractivity contribution >= 4 is 29.1 Å². The molecular formula is C21H17ClN2O3. The Hall–Kier alpha value is -3.31. The highest BCUT2D eigenvalue weighted by molar-refractivity contribution is 6.33. The second kappa shape index (κ2) is 8.87. The van der Waals surface area contributed by atoms with E-state index in [-0.39, 0.29) is 12.5 Å². The lowest BCUT2D eigenvalue weighted by Crippen LogP contribution is -2.32. The number of rotatable bonds is 6. The Morgan fingerprint density at radius 1 is 0.815 bits per heavy atom. The van der Waals surface area contributed by atoms with E-state index in [1.54, 1.807) is 48.5 Å². The van der Waals surface area contributed by atoms with Crippen LogP contribution in [0, 0.1) is 0 Å². The molecule has 6 heteroatoms. The Labute approximate surface area is 161 Å². The van der Waals surface area contributed by atoms with Crippen molar-refractivity contribution in [3.8, 4) is 11.5 Å². The number of nitrogens with one attached hydrogen (secondary N) is 2. The molecule has 3 aromatic carbocycles. The summed E-state index contributed by atoms with van der Waals surface area (Å²) >= 11 is 5.96. The van der Waals surface area contributed by atoms with E-state index in [0.29, 0.717) is 22.0 Å². The maximum absolute atomic E-state index is 12.0. The Balaban J connectivity index is 1.50. The van der Waals surface area contributed by atoms with Crippen molar-refractivity contribution in [3.63, 3.8) is 0 Å². The molecule has 2 amide bonds. The van der Waals surface area contributed by atoms with Crippen LogP contribution in [0.1, 0.15) is 10.4 Å². The van der Waals surface area contributed by atoms with Gasteiger partial charge in [0.1, 0.15) is 11.5 Å². The molecule has 0 radical (unpaired) electrons. The first-order valence-electron chi connectivity index (χ1n) is 8.27. The van der Waals surface area contributed by atoms with Gasteiger partial charge in [0.25, 0.3) is 5.91 Å². The molecule has 0 fully saturated rings. The van der Waals surface area contributed by atoms with Crippen molar-refractivity contribution in [1.82, 2.24) is 5.32 Å². The third-order valence-corrected chi connectivity index (χ3v) is 3.97. The first kappa shape index (κ1) is 18.5. The van der Waals surface area contributed by atoms with E-state index in [2.05, 4.69) is 10.6 Å². The predicted molar refractivity (Wildman–Crippen MR) is 105 cm³/mol. The molecule has 3 aromatic rings. The molecule has 3 rings (SSSR count). The topological polar surface area (TPSA) is 67.4 Å². The van der Waals surface area contributed by atoms with Gasteiger partial charge in [-0.1, -0.05) is 41.9 Å². The summed E-state index contributed by atoms with van der Waals surface area (Å²) in [6.45, 7) is -0.160. The number of halogens is 1. The first-order chi connectivity index (χ1) is 13.1. The van der Waals surface area contributed by atoms with Crippen LogP contribution in [0.3, 0.4) is 0 Å². The van der Waals surface area contributed by atoms with Crippen molar-refractivity contribution in [2.24, 2.45) is 0 Å². The van der Waals surface area contributed by atoms with Crippen molar-refractivity contribution < 1.29 is 14.3 Å². The highest BCUT2D eigenvalue weighted by Crippen LogP contribution is 2.22. The third-order valence-electron chi connectivity index (χ3n) is 3.64. The second-order valence-electron chi connectivity index (χ2n) is 5.65. The Morgan fingerprint density at radius 2 is 1.44 bits per heavy atom. The number of carbonyl (C=O) groups is 2. The van der Waals surface area contributed by atoms with Gasteiger partial charge in [-0.3, -0.25) is 9.59 Å². The van der Waals surface area contributed by atoms with Gasteiger partial charge in [-0.15, -0.1) is 0 Å². The fraction of sp³-hybridized carbons (Fsp3) is 0.0476. The molecule has 0 aromatic heterocycles. The fourth-order valence-corrected chi connectivity index (χ4v) is 2.56. The van der Waals surface area contributed by atoms with Gasteiger partial charge in [-0.2, -0.15) is 0 Å². The number of hydrogen-bond acceptors (Lipinski definition) is 3. The third kappa shape index (κ3) is 5.33. The van der Waals surface area contributed by atoms with Crippen LogP contribution in [0.2, 0.25) is 5.02 Å². The zero-order valence-electron chi connectivity index (χ0n) is 14.3. The molecule has 0 heterocycles. The monoisotopic (exact) mass is 380 g/mol. The minimum atomic E-state index is -0.401. The molecular weight excluding hydrogens is 364 g/mol. The Kier molecular flexibility index (Phi) is 6.07. The van der Waals surface area contributed by atoms with E-state index in [0.717, 1.165) is 5.75 Å². The summed E-state index contributed by atoms with van der Waals surface area (Å²) in [6, 6.07) is 23.0. The highest BCUT2D eigenvalue weighted by Gasteiger charge is 2.11. The van der Waals surface area contributed by atoms with Crippen molar-refractivity contribution in [3.05, 3.63) is 89.4 Å². The van der Waals surface area contributed by atoms with Gasteiger partial charge < -0.3 is 15.4 Å². The van der Waals surface area contributed by atoms with Gasteiger partial charge in [0, 0.05) is 5.69 Å². The molecule has 0 aliphatic heterocycles. The molecule has 27 heavy (non-hydrogen) atoms. The number of benzene rings is 3. The van der Waals surface area contributed by atoms with Crippen LogP contribution in [0.5, 0.6) is 11.5 Å². The number of para-hydroxylation sites is 1. The van der Waals surface area contributed by atoms with Crippen molar-refractivity contribution in [1.29, 1.82) is 0 Å². The summed E-state index contributed by atoms with van der Waals surface area (Å²) in [5, 5.41) is 5.59. The highest BCUT2D eigenvalue weighted by atomic mass is 35.5. The van der Waals surface area contributed by atoms with Crippen LogP contribution in [-0.2, 0) is 4.79 Å². The van der Waals surface area contributed by atoms with Gasteiger partial charge in [-0.25, -0.2) is 0 Å². The largest absolute Gasteiger partial charge is 0.457 e. The Morgan fingerprint density at radius 3 is 2.15 bits per heavy atom. The number of anilines is 1. The Bertz CT molecular complexity index is 928. The maximum Gasteiger partial charge on any atom is 0.253 e. The lowest BCUT2D eigenvalue weighted by molar-refractivity contribution is -0.115. The normalized spacial score (nSPS) is 10.1. The number of amides is 2. The molecule has 0 bridgehead atoms. The molecule has 2 N–H and O–H groups in total. The fourth-order valence-electron chi connectivity index (χ4n) is 2.34. The quantitative estimate of drug-likeness (QED) is 0.661. The summed E-state index contributed by atoms with van der Waals surface area (Å²) in [7, 11) is 0. The summed E-state index contributed by atoms with van der Waals surface area (Å²) < 4.78 is 5.70. The first-order valence-corrected chi connectivity index (χ1v) is 8.65. The van der Waals surface area contributed by atoms with E-state index >= 15 is 0 Å². The summed E-state index contributed by atoms with van der Waals surface area (Å²) in [4.78, 5) is 24.1. The molecule has 0 saturated carbocycles. The molecule has 0 aliphatic rings. The van der Waals surface area contributed by atoms with Crippen LogP contribution in [0.25, 0.3) is 0 Å². The van der Waals surface area contributed by atoms with E-state index in [9.17, 15) is 9.59 Å². The zero-order chi connectivity index (χ0) is 19.1. The molecule has 0 aliphatic carbocycles. The zero-order valence-corrected chi connectivity index (χ0v) is 15.1. The minimum absolute atomic E-state index is 0.160. The molecule has 0 spiro atoms.